The fraction of sp³-hybridized carbons (Fsp3) is 0.378. The molecule has 4 nitrogen and oxygen atoms in total. The molecule has 8 heteroatoms. The number of allylic oxidation sites excluding steroid dienone is 6. The van der Waals surface area contributed by atoms with Gasteiger partial charge in [-0.2, -0.15) is 13.2 Å². The number of anilines is 1. The molecule has 0 amide bonds. The van der Waals surface area contributed by atoms with Crippen molar-refractivity contribution in [3.05, 3.63) is 125 Å². The predicted molar refractivity (Wildman–Crippen MR) is 178 cm³/mol. The normalized spacial score (nSPS) is 15.2. The zero-order chi connectivity index (χ0) is 33.6. The molecule has 1 saturated carbocycles. The molecule has 1 aliphatic carbocycles. The Morgan fingerprint density at radius 2 is 1.87 bits per heavy atom. The molecular weight excluding hydrogens is 578 g/mol. The maximum absolute atomic E-state index is 13.7. The molecular formula is C37H47F4N3O. The molecule has 45 heavy (non-hydrogen) atoms. The van der Waals surface area contributed by atoms with E-state index in [4.69, 9.17) is 5.73 Å². The molecule has 0 bridgehead atoms. The molecule has 1 fully saturated rings. The number of carbonyl (C=O) groups excluding carboxylic acids is 1. The quantitative estimate of drug-likeness (QED) is 0.105. The second-order valence-electron chi connectivity index (χ2n) is 11.2. The van der Waals surface area contributed by atoms with Gasteiger partial charge in [0, 0.05) is 18.7 Å². The lowest BCUT2D eigenvalue weighted by Gasteiger charge is -2.36. The van der Waals surface area contributed by atoms with Crippen molar-refractivity contribution in [1.29, 1.82) is 0 Å². The van der Waals surface area contributed by atoms with Crippen LogP contribution >= 0.6 is 0 Å². The van der Waals surface area contributed by atoms with Crippen LogP contribution in [0.15, 0.2) is 103 Å². The predicted octanol–water partition coefficient (Wildman–Crippen LogP) is 9.36. The van der Waals surface area contributed by atoms with Crippen LogP contribution < -0.4 is 16.4 Å². The molecule has 2 aromatic rings. The van der Waals surface area contributed by atoms with Gasteiger partial charge in [-0.25, -0.2) is 4.39 Å². The third kappa shape index (κ3) is 11.3. The molecule has 0 radical (unpaired) electrons. The van der Waals surface area contributed by atoms with E-state index in [-0.39, 0.29) is 23.5 Å². The number of rotatable bonds is 15. The van der Waals surface area contributed by atoms with Gasteiger partial charge >= 0.3 is 6.18 Å². The van der Waals surface area contributed by atoms with Gasteiger partial charge in [-0.15, -0.1) is 0 Å². The highest BCUT2D eigenvalue weighted by Gasteiger charge is 2.36. The number of hydrogen-bond donors (Lipinski definition) is 3. The van der Waals surface area contributed by atoms with Gasteiger partial charge in [0.2, 0.25) is 0 Å². The molecule has 0 aromatic heterocycles. The molecule has 1 atom stereocenters. The van der Waals surface area contributed by atoms with Gasteiger partial charge in [-0.05, 0) is 92.6 Å². The van der Waals surface area contributed by atoms with E-state index in [1.807, 2.05) is 39.1 Å². The summed E-state index contributed by atoms with van der Waals surface area (Å²) in [6.45, 7) is 12.8. The number of alkyl halides is 3. The number of benzene rings is 2. The molecule has 3 rings (SSSR count). The van der Waals surface area contributed by atoms with Crippen molar-refractivity contribution < 1.29 is 22.4 Å². The van der Waals surface area contributed by atoms with E-state index in [1.165, 1.54) is 24.8 Å². The Morgan fingerprint density at radius 3 is 2.40 bits per heavy atom. The molecule has 0 aliphatic heterocycles. The van der Waals surface area contributed by atoms with E-state index >= 15 is 0 Å². The molecule has 1 aliphatic rings. The van der Waals surface area contributed by atoms with Crippen LogP contribution in [0.25, 0.3) is 0 Å². The van der Waals surface area contributed by atoms with E-state index < -0.39 is 17.5 Å². The van der Waals surface area contributed by atoms with Crippen LogP contribution in [-0.4, -0.2) is 19.0 Å². The average Bonchev–Trinajstić information content (AvgIpc) is 3.84. The minimum Gasteiger partial charge on any atom is -0.353 e. The fourth-order valence-corrected chi connectivity index (χ4v) is 4.99. The first-order valence-corrected chi connectivity index (χ1v) is 15.3. The van der Waals surface area contributed by atoms with E-state index in [0.717, 1.165) is 29.5 Å². The van der Waals surface area contributed by atoms with Gasteiger partial charge in [-0.3, -0.25) is 4.79 Å². The van der Waals surface area contributed by atoms with Gasteiger partial charge in [0.1, 0.15) is 5.82 Å². The Hall–Kier alpha value is -3.75. The molecule has 0 saturated heterocycles. The third-order valence-electron chi connectivity index (χ3n) is 7.74. The van der Waals surface area contributed by atoms with Crippen LogP contribution in [0.2, 0.25) is 0 Å². The molecule has 1 unspecified atom stereocenters. The Morgan fingerprint density at radius 1 is 1.16 bits per heavy atom. The van der Waals surface area contributed by atoms with Gasteiger partial charge in [0.05, 0.1) is 16.8 Å². The Kier molecular flexibility index (Phi) is 14.7. The monoisotopic (exact) mass is 625 g/mol. The van der Waals surface area contributed by atoms with E-state index in [9.17, 15) is 22.4 Å². The average molecular weight is 626 g/mol. The number of nitrogens with one attached hydrogen (secondary N) is 2. The van der Waals surface area contributed by atoms with Crippen molar-refractivity contribution in [3.63, 3.8) is 0 Å². The lowest BCUT2D eigenvalue weighted by atomic mass is 9.77. The highest BCUT2D eigenvalue weighted by molar-refractivity contribution is 5.98. The smallest absolute Gasteiger partial charge is 0.353 e. The van der Waals surface area contributed by atoms with E-state index in [0.29, 0.717) is 24.2 Å². The van der Waals surface area contributed by atoms with Crippen LogP contribution in [0.5, 0.6) is 0 Å². The van der Waals surface area contributed by atoms with Crippen molar-refractivity contribution in [2.24, 2.45) is 11.7 Å². The zero-order valence-electron chi connectivity index (χ0n) is 26.9. The minimum atomic E-state index is -4.57. The van der Waals surface area contributed by atoms with E-state index in [1.54, 1.807) is 37.3 Å². The standard InChI is InChI=1S/C21H28FN.C16H19F3N2O/c1-5-7-18(8-6-2)21(23-4,14-13-17-9-10-17)19-11-12-20(22)16(3)15-19;1-3-5-15(22)14(8-11(2)16(17,18)19)21-13-7-4-6-12(9-13)10-20/h5-8,11-12,15,17,23H,1,9-10,13-14H2,2-4H3;4,6-9,21H,2-3,5,10,20H2,1H3/b8-6-,18-7+;14-8-. The number of halogens is 4. The van der Waals surface area contributed by atoms with Crippen LogP contribution in [0.1, 0.15) is 69.1 Å². The molecule has 0 spiro atoms. The maximum Gasteiger partial charge on any atom is 0.415 e. The van der Waals surface area contributed by atoms with Crippen molar-refractivity contribution in [3.8, 4) is 0 Å². The highest BCUT2D eigenvalue weighted by atomic mass is 19.4. The summed E-state index contributed by atoms with van der Waals surface area (Å²) in [6.07, 6.45) is 9.80. The molecule has 244 valence electrons. The van der Waals surface area contributed by atoms with E-state index in [2.05, 4.69) is 42.0 Å². The zero-order valence-corrected chi connectivity index (χ0v) is 26.9. The lowest BCUT2D eigenvalue weighted by molar-refractivity contribution is -0.115. The summed E-state index contributed by atoms with van der Waals surface area (Å²) >= 11 is 0. The summed E-state index contributed by atoms with van der Waals surface area (Å²) < 4.78 is 51.6. The first kappa shape index (κ1) is 37.4. The number of nitrogens with two attached hydrogens (primary N) is 1. The summed E-state index contributed by atoms with van der Waals surface area (Å²) in [5, 5.41) is 6.28. The van der Waals surface area contributed by atoms with Gasteiger partial charge in [0.15, 0.2) is 5.78 Å². The van der Waals surface area contributed by atoms with Crippen LogP contribution in [-0.2, 0) is 16.9 Å². The van der Waals surface area contributed by atoms with Gasteiger partial charge in [0.25, 0.3) is 0 Å². The number of ketones is 1. The number of carbonyl (C=O) groups is 1. The van der Waals surface area contributed by atoms with Crippen molar-refractivity contribution in [2.75, 3.05) is 12.4 Å². The Labute approximate surface area is 265 Å². The molecule has 4 N–H and O–H groups in total. The Balaban J connectivity index is 0.000000314. The highest BCUT2D eigenvalue weighted by Crippen LogP contribution is 2.42. The molecule has 0 heterocycles. The van der Waals surface area contributed by atoms with Crippen molar-refractivity contribution >= 4 is 11.5 Å². The van der Waals surface area contributed by atoms with Crippen LogP contribution in [0.4, 0.5) is 23.2 Å². The van der Waals surface area contributed by atoms with Gasteiger partial charge in [-0.1, -0.05) is 81.5 Å². The maximum atomic E-state index is 13.7. The summed E-state index contributed by atoms with van der Waals surface area (Å²) in [5.41, 5.74) is 8.31. The van der Waals surface area contributed by atoms with Crippen LogP contribution in [0, 0.1) is 18.7 Å². The lowest BCUT2D eigenvalue weighted by Crippen LogP contribution is -2.41. The summed E-state index contributed by atoms with van der Waals surface area (Å²) in [6, 6.07) is 12.3. The topological polar surface area (TPSA) is 67.1 Å². The number of hydrogen-bond acceptors (Lipinski definition) is 4. The number of Topliss-reactive ketones (excluding diaryl/α,β-unsaturated/α-hetero) is 1. The third-order valence-corrected chi connectivity index (χ3v) is 7.74. The van der Waals surface area contributed by atoms with Crippen LogP contribution in [0.3, 0.4) is 0 Å². The second kappa shape index (κ2) is 17.7. The number of likely N-dealkylation sites (N-methyl/N-ethyl adjacent to an activating group) is 1. The SMILES string of the molecule is C=C(/C=C(\Nc1cccc(CN)c1)C(=O)CCC)C(F)(F)F.C=C/C=C(\C=C/C)C(CCC1CC1)(NC)c1ccc(F)c(C)c1. The second-order valence-corrected chi connectivity index (χ2v) is 11.2. The minimum absolute atomic E-state index is 0.127. The fourth-order valence-electron chi connectivity index (χ4n) is 4.99. The summed E-state index contributed by atoms with van der Waals surface area (Å²) in [4.78, 5) is 12.0. The van der Waals surface area contributed by atoms with Gasteiger partial charge < -0.3 is 16.4 Å². The van der Waals surface area contributed by atoms with Crippen molar-refractivity contribution in [2.45, 2.75) is 77.6 Å². The van der Waals surface area contributed by atoms with Crippen molar-refractivity contribution in [1.82, 2.24) is 5.32 Å². The first-order chi connectivity index (χ1) is 21.3. The first-order valence-electron chi connectivity index (χ1n) is 15.3. The largest absolute Gasteiger partial charge is 0.415 e. The molecule has 2 aromatic carbocycles. The Bertz CT molecular complexity index is 1400. The summed E-state index contributed by atoms with van der Waals surface area (Å²) in [5.74, 6) is 0.298. The summed E-state index contributed by atoms with van der Waals surface area (Å²) in [7, 11) is 1.99. The number of aryl methyl sites for hydroxylation is 1.